The van der Waals surface area contributed by atoms with Gasteiger partial charge in [0, 0.05) is 0 Å². The van der Waals surface area contributed by atoms with Gasteiger partial charge in [-0.2, -0.15) is 4.98 Å². The molecule has 0 amide bonds. The van der Waals surface area contributed by atoms with Crippen LogP contribution in [0.3, 0.4) is 0 Å². The number of anilines is 1. The first-order chi connectivity index (χ1) is 5.09. The van der Waals surface area contributed by atoms with Crippen LogP contribution in [0.2, 0.25) is 6.82 Å². The molecule has 6 heteroatoms. The van der Waals surface area contributed by atoms with E-state index in [1.54, 1.807) is 6.92 Å². The van der Waals surface area contributed by atoms with Crippen LogP contribution < -0.4 is 5.23 Å². The van der Waals surface area contributed by atoms with Crippen molar-refractivity contribution < 1.29 is 14.5 Å². The molecule has 1 heterocycles. The van der Waals surface area contributed by atoms with Gasteiger partial charge in [0.15, 0.2) is 5.76 Å². The van der Waals surface area contributed by atoms with Crippen molar-refractivity contribution in [3.8, 4) is 5.88 Å². The minimum atomic E-state index is -0.743. The molecule has 0 spiro atoms. The number of nitrogens with one attached hydrogen (secondary N) is 1. The van der Waals surface area contributed by atoms with Crippen LogP contribution in [0.15, 0.2) is 4.42 Å². The molecule has 0 saturated heterocycles. The molecule has 0 radical (unpaired) electrons. The number of hydrogen-bond acceptors (Lipinski definition) is 5. The van der Waals surface area contributed by atoms with Crippen LogP contribution in [-0.2, 0) is 0 Å². The number of rotatable bonds is 2. The van der Waals surface area contributed by atoms with E-state index in [0.29, 0.717) is 5.76 Å². The van der Waals surface area contributed by atoms with E-state index in [0.717, 1.165) is 0 Å². The molecule has 0 unspecified atom stereocenters. The number of oxazole rings is 1. The van der Waals surface area contributed by atoms with Gasteiger partial charge in [-0.25, -0.2) is 0 Å². The molecule has 0 aromatic carbocycles. The molecule has 3 N–H and O–H groups in total. The number of aromatic nitrogens is 1. The highest BCUT2D eigenvalue weighted by Gasteiger charge is 2.10. The van der Waals surface area contributed by atoms with Crippen molar-refractivity contribution in [2.75, 3.05) is 5.23 Å². The summed E-state index contributed by atoms with van der Waals surface area (Å²) >= 11 is 0. The Balaban J connectivity index is 2.73. The molecule has 5 nitrogen and oxygen atoms in total. The minimum Gasteiger partial charge on any atom is -0.491 e. The summed E-state index contributed by atoms with van der Waals surface area (Å²) in [6.07, 6.45) is 0. The Labute approximate surface area is 64.2 Å². The van der Waals surface area contributed by atoms with Crippen LogP contribution in [0.4, 0.5) is 6.01 Å². The van der Waals surface area contributed by atoms with Crippen molar-refractivity contribution in [2.45, 2.75) is 13.7 Å². The highest BCUT2D eigenvalue weighted by molar-refractivity contribution is 6.52. The smallest absolute Gasteiger partial charge is 0.410 e. The second-order valence-electron chi connectivity index (χ2n) is 2.22. The molecule has 1 aromatic rings. The quantitative estimate of drug-likeness (QED) is 0.533. The highest BCUT2D eigenvalue weighted by atomic mass is 16.4. The van der Waals surface area contributed by atoms with E-state index in [-0.39, 0.29) is 11.9 Å². The van der Waals surface area contributed by atoms with Crippen LogP contribution in [0.1, 0.15) is 5.76 Å². The summed E-state index contributed by atoms with van der Waals surface area (Å²) in [5.74, 6) is 0.168. The highest BCUT2D eigenvalue weighted by Crippen LogP contribution is 2.18. The normalized spacial score (nSPS) is 9.73. The first-order valence-corrected chi connectivity index (χ1v) is 3.20. The van der Waals surface area contributed by atoms with Crippen LogP contribution >= 0.6 is 0 Å². The third-order valence-corrected chi connectivity index (χ3v) is 1.10. The fourth-order valence-electron chi connectivity index (χ4n) is 0.629. The van der Waals surface area contributed by atoms with Gasteiger partial charge < -0.3 is 19.8 Å². The van der Waals surface area contributed by atoms with E-state index in [2.05, 4.69) is 10.2 Å². The largest absolute Gasteiger partial charge is 0.491 e. The molecule has 0 aliphatic heterocycles. The number of nitrogens with zero attached hydrogens (tertiary/aromatic N) is 1. The summed E-state index contributed by atoms with van der Waals surface area (Å²) in [6, 6.07) is 0.120. The Hall–Kier alpha value is -1.17. The Kier molecular flexibility index (Phi) is 2.04. The summed E-state index contributed by atoms with van der Waals surface area (Å²) in [6.45, 7) is 3.10. The van der Waals surface area contributed by atoms with Crippen molar-refractivity contribution >= 4 is 13.1 Å². The fraction of sp³-hybridized carbons (Fsp3) is 0.400. The molecule has 11 heavy (non-hydrogen) atoms. The van der Waals surface area contributed by atoms with Gasteiger partial charge in [0.25, 0.3) is 11.9 Å². The van der Waals surface area contributed by atoms with E-state index in [1.165, 1.54) is 6.82 Å². The van der Waals surface area contributed by atoms with E-state index >= 15 is 0 Å². The summed E-state index contributed by atoms with van der Waals surface area (Å²) in [5, 5.41) is 20.2. The predicted octanol–water partition coefficient (Wildman–Crippen LogP) is 0.211. The van der Waals surface area contributed by atoms with Crippen molar-refractivity contribution in [3.63, 3.8) is 0 Å². The Morgan fingerprint density at radius 3 is 2.64 bits per heavy atom. The number of aromatic hydroxyl groups is 1. The first-order valence-electron chi connectivity index (χ1n) is 3.20. The lowest BCUT2D eigenvalue weighted by atomic mass is 9.90. The van der Waals surface area contributed by atoms with Gasteiger partial charge in [-0.15, -0.1) is 0 Å². The zero-order valence-corrected chi connectivity index (χ0v) is 6.33. The molecule has 1 rings (SSSR count). The molecule has 0 bridgehead atoms. The fourth-order valence-corrected chi connectivity index (χ4v) is 0.629. The van der Waals surface area contributed by atoms with Crippen molar-refractivity contribution in [1.82, 2.24) is 4.98 Å². The van der Waals surface area contributed by atoms with Crippen LogP contribution in [0.5, 0.6) is 5.88 Å². The molecule has 0 aliphatic rings. The second-order valence-corrected chi connectivity index (χ2v) is 2.22. The summed E-state index contributed by atoms with van der Waals surface area (Å²) in [7, 11) is -0.743. The maximum absolute atomic E-state index is 8.93. The number of aryl methyl sites for hydroxylation is 1. The average molecular weight is 156 g/mol. The van der Waals surface area contributed by atoms with Gasteiger partial charge in [0.2, 0.25) is 0 Å². The molecular formula is C5H9BN2O3. The van der Waals surface area contributed by atoms with Gasteiger partial charge in [-0.05, 0) is 13.7 Å². The second kappa shape index (κ2) is 2.83. The number of hydrogen-bond donors (Lipinski definition) is 3. The topological polar surface area (TPSA) is 78.5 Å². The van der Waals surface area contributed by atoms with E-state index < -0.39 is 7.05 Å². The Bertz CT molecular complexity index is 228. The van der Waals surface area contributed by atoms with Crippen LogP contribution in [-0.4, -0.2) is 22.2 Å². The summed E-state index contributed by atoms with van der Waals surface area (Å²) < 4.78 is 4.89. The van der Waals surface area contributed by atoms with Crippen molar-refractivity contribution in [2.24, 2.45) is 0 Å². The lowest BCUT2D eigenvalue weighted by Gasteiger charge is -1.96. The lowest BCUT2D eigenvalue weighted by Crippen LogP contribution is -2.19. The maximum Gasteiger partial charge on any atom is 0.410 e. The van der Waals surface area contributed by atoms with Crippen molar-refractivity contribution in [3.05, 3.63) is 5.76 Å². The van der Waals surface area contributed by atoms with E-state index in [4.69, 9.17) is 14.5 Å². The van der Waals surface area contributed by atoms with Crippen LogP contribution in [0, 0.1) is 6.92 Å². The van der Waals surface area contributed by atoms with Gasteiger partial charge in [0.05, 0.1) is 0 Å². The zero-order valence-electron chi connectivity index (χ0n) is 6.33. The Morgan fingerprint density at radius 2 is 2.27 bits per heavy atom. The van der Waals surface area contributed by atoms with Gasteiger partial charge >= 0.3 is 7.05 Å². The zero-order chi connectivity index (χ0) is 8.43. The molecular weight excluding hydrogens is 147 g/mol. The average Bonchev–Trinajstić information content (AvgIpc) is 2.10. The molecule has 0 saturated carbocycles. The summed E-state index contributed by atoms with van der Waals surface area (Å²) in [5.41, 5.74) is 0. The van der Waals surface area contributed by atoms with Gasteiger partial charge in [-0.3, -0.25) is 0 Å². The SMILES string of the molecule is CB(O)Nc1nc(O)c(C)o1. The van der Waals surface area contributed by atoms with Crippen molar-refractivity contribution in [1.29, 1.82) is 0 Å². The molecule has 0 fully saturated rings. The predicted molar refractivity (Wildman–Crippen MR) is 40.4 cm³/mol. The third kappa shape index (κ3) is 1.88. The monoisotopic (exact) mass is 156 g/mol. The van der Waals surface area contributed by atoms with Gasteiger partial charge in [0.1, 0.15) is 0 Å². The minimum absolute atomic E-state index is 0.120. The standard InChI is InChI=1S/C5H9BN2O3/c1-3-4(9)7-5(11-3)8-6(2)10/h9-10H,1-2H3,(H,7,8). The summed E-state index contributed by atoms with van der Waals surface area (Å²) in [4.78, 5) is 3.57. The maximum atomic E-state index is 8.93. The van der Waals surface area contributed by atoms with Gasteiger partial charge in [-0.1, -0.05) is 0 Å². The molecule has 0 atom stereocenters. The lowest BCUT2D eigenvalue weighted by molar-refractivity contribution is 0.436. The molecule has 1 aromatic heterocycles. The van der Waals surface area contributed by atoms with E-state index in [1.807, 2.05) is 0 Å². The third-order valence-electron chi connectivity index (χ3n) is 1.10. The van der Waals surface area contributed by atoms with Crippen LogP contribution in [0.25, 0.3) is 0 Å². The first kappa shape index (κ1) is 7.94. The Morgan fingerprint density at radius 1 is 1.64 bits per heavy atom. The van der Waals surface area contributed by atoms with E-state index in [9.17, 15) is 0 Å². The molecule has 0 aliphatic carbocycles. The molecule has 60 valence electrons.